The minimum atomic E-state index is 0.588. The number of para-hydroxylation sites is 1. The van der Waals surface area contributed by atoms with Crippen LogP contribution in [0.15, 0.2) is 192 Å². The van der Waals surface area contributed by atoms with Gasteiger partial charge in [0, 0.05) is 40.4 Å². The molecule has 2 heteroatoms. The molecule has 8 aromatic carbocycles. The largest absolute Gasteiger partial charge is 0.460 e. The second-order valence-corrected chi connectivity index (χ2v) is 16.5. The topological polar surface area (TPSA) is 16.4 Å². The summed E-state index contributed by atoms with van der Waals surface area (Å²) < 4.78 is 6.60. The SMILES string of the molecule is C1=Cc2c(oc3cc(N(c4ccc(-c5ccc(-c6ccccc6)c(-c6ccccc6)c5)cc4)c4ccccc4-c4cccc5cccc(C6CCCCC6)c45)ccc23)CC1. The van der Waals surface area contributed by atoms with Crippen molar-refractivity contribution in [3.05, 3.63) is 205 Å². The highest BCUT2D eigenvalue weighted by Gasteiger charge is 2.24. The van der Waals surface area contributed by atoms with Gasteiger partial charge in [0.25, 0.3) is 0 Å². The van der Waals surface area contributed by atoms with Gasteiger partial charge >= 0.3 is 0 Å². The van der Waals surface area contributed by atoms with Gasteiger partial charge in [0.05, 0.1) is 5.69 Å². The van der Waals surface area contributed by atoms with Crippen LogP contribution in [0.25, 0.3) is 72.3 Å². The molecule has 60 heavy (non-hydrogen) atoms. The number of aryl methyl sites for hydroxylation is 1. The van der Waals surface area contributed by atoms with Gasteiger partial charge in [-0.05, 0) is 117 Å². The van der Waals surface area contributed by atoms with Crippen LogP contribution in [0.2, 0.25) is 0 Å². The molecular weight excluding hydrogens is 727 g/mol. The number of benzene rings is 8. The van der Waals surface area contributed by atoms with Crippen molar-refractivity contribution < 1.29 is 4.42 Å². The molecule has 2 aliphatic rings. The van der Waals surface area contributed by atoms with Crippen molar-refractivity contribution in [1.82, 2.24) is 0 Å². The van der Waals surface area contributed by atoms with Crippen LogP contribution in [-0.2, 0) is 6.42 Å². The van der Waals surface area contributed by atoms with E-state index in [9.17, 15) is 0 Å². The minimum Gasteiger partial charge on any atom is -0.460 e. The molecule has 0 saturated heterocycles. The molecule has 0 bridgehead atoms. The van der Waals surface area contributed by atoms with E-state index < -0.39 is 0 Å². The van der Waals surface area contributed by atoms with Crippen molar-refractivity contribution in [3.63, 3.8) is 0 Å². The number of fused-ring (bicyclic) bond motifs is 4. The molecule has 1 heterocycles. The fourth-order valence-corrected chi connectivity index (χ4v) is 10.0. The summed E-state index contributed by atoms with van der Waals surface area (Å²) >= 11 is 0. The third-order valence-corrected chi connectivity index (χ3v) is 12.9. The van der Waals surface area contributed by atoms with Crippen LogP contribution in [0.5, 0.6) is 0 Å². The lowest BCUT2D eigenvalue weighted by atomic mass is 9.80. The average molecular weight is 774 g/mol. The van der Waals surface area contributed by atoms with Crippen molar-refractivity contribution in [2.45, 2.75) is 50.9 Å². The highest BCUT2D eigenvalue weighted by Crippen LogP contribution is 2.47. The Labute approximate surface area is 353 Å². The van der Waals surface area contributed by atoms with Crippen LogP contribution in [-0.4, -0.2) is 0 Å². The smallest absolute Gasteiger partial charge is 0.137 e. The van der Waals surface area contributed by atoms with Crippen LogP contribution in [0.3, 0.4) is 0 Å². The summed E-state index contributed by atoms with van der Waals surface area (Å²) in [5, 5.41) is 3.88. The third-order valence-electron chi connectivity index (χ3n) is 12.9. The second-order valence-electron chi connectivity index (χ2n) is 16.5. The molecule has 1 aromatic heterocycles. The highest BCUT2D eigenvalue weighted by molar-refractivity contribution is 6.04. The van der Waals surface area contributed by atoms with Crippen LogP contribution < -0.4 is 4.90 Å². The van der Waals surface area contributed by atoms with Gasteiger partial charge in [0.2, 0.25) is 0 Å². The summed E-state index contributed by atoms with van der Waals surface area (Å²) in [6.45, 7) is 0. The Morgan fingerprint density at radius 2 is 1.17 bits per heavy atom. The van der Waals surface area contributed by atoms with Gasteiger partial charge in [-0.3, -0.25) is 0 Å². The minimum absolute atomic E-state index is 0.588. The number of nitrogens with zero attached hydrogens (tertiary/aromatic N) is 1. The normalized spacial score (nSPS) is 14.1. The van der Waals surface area contributed by atoms with E-state index in [0.717, 1.165) is 41.2 Å². The van der Waals surface area contributed by atoms with Gasteiger partial charge in [-0.1, -0.05) is 171 Å². The van der Waals surface area contributed by atoms with Crippen molar-refractivity contribution >= 4 is 44.9 Å². The molecule has 2 nitrogen and oxygen atoms in total. The van der Waals surface area contributed by atoms with Crippen molar-refractivity contribution in [2.24, 2.45) is 0 Å². The molecular formula is C58H47NO. The molecule has 0 unspecified atom stereocenters. The molecule has 290 valence electrons. The molecule has 11 rings (SSSR count). The third kappa shape index (κ3) is 6.63. The van der Waals surface area contributed by atoms with E-state index in [-0.39, 0.29) is 0 Å². The van der Waals surface area contributed by atoms with Gasteiger partial charge in [0.15, 0.2) is 0 Å². The molecule has 0 aliphatic heterocycles. The number of allylic oxidation sites excluding steroid dienone is 1. The highest BCUT2D eigenvalue weighted by atomic mass is 16.3. The summed E-state index contributed by atoms with van der Waals surface area (Å²) in [5.74, 6) is 1.67. The zero-order valence-electron chi connectivity index (χ0n) is 33.9. The van der Waals surface area contributed by atoms with Crippen LogP contribution in [0.1, 0.15) is 61.3 Å². The molecule has 0 radical (unpaired) electrons. The standard InChI is InChI=1S/C58H47NO/c1-4-16-41(17-5-1)48-36-32-45(38-54(48)43-20-8-3-9-21-43)40-30-33-46(34-31-40)59(47-35-37-52-51-25-11-13-29-56(51)60-57(52)39-47)55-28-12-10-24-50(55)53-27-15-23-44-22-14-26-49(58(44)53)42-18-6-2-7-19-42/h1,3-5,8-12,14-17,20-28,30-39,42H,2,6-7,13,18-19,29H2. The first kappa shape index (κ1) is 36.2. The predicted octanol–water partition coefficient (Wildman–Crippen LogP) is 16.7. The number of rotatable bonds is 8. The predicted molar refractivity (Wildman–Crippen MR) is 253 cm³/mol. The Kier molecular flexibility index (Phi) is 9.47. The first-order chi connectivity index (χ1) is 29.8. The summed E-state index contributed by atoms with van der Waals surface area (Å²) in [7, 11) is 0. The molecule has 0 N–H and O–H groups in total. The average Bonchev–Trinajstić information content (AvgIpc) is 3.70. The van der Waals surface area contributed by atoms with Gasteiger partial charge in [0.1, 0.15) is 11.3 Å². The van der Waals surface area contributed by atoms with Crippen LogP contribution in [0, 0.1) is 0 Å². The van der Waals surface area contributed by atoms with Crippen molar-refractivity contribution in [1.29, 1.82) is 0 Å². The van der Waals surface area contributed by atoms with Gasteiger partial charge in [-0.25, -0.2) is 0 Å². The first-order valence-corrected chi connectivity index (χ1v) is 21.8. The van der Waals surface area contributed by atoms with Crippen molar-refractivity contribution in [3.8, 4) is 44.5 Å². The Bertz CT molecular complexity index is 3000. The fraction of sp³-hybridized carbons (Fsp3) is 0.138. The van der Waals surface area contributed by atoms with E-state index in [2.05, 4.69) is 199 Å². The molecule has 9 aromatic rings. The maximum atomic E-state index is 6.60. The Hall–Kier alpha value is -6.90. The van der Waals surface area contributed by atoms with Gasteiger partial charge < -0.3 is 9.32 Å². The zero-order chi connectivity index (χ0) is 39.8. The molecule has 1 fully saturated rings. The number of anilines is 3. The number of hydrogen-bond acceptors (Lipinski definition) is 2. The van der Waals surface area contributed by atoms with E-state index in [1.54, 1.807) is 0 Å². The molecule has 0 amide bonds. The van der Waals surface area contributed by atoms with Gasteiger partial charge in [-0.2, -0.15) is 0 Å². The second kappa shape index (κ2) is 15.7. The molecule has 2 aliphatic carbocycles. The zero-order valence-corrected chi connectivity index (χ0v) is 33.9. The first-order valence-electron chi connectivity index (χ1n) is 21.8. The fourth-order valence-electron chi connectivity index (χ4n) is 10.0. The van der Waals surface area contributed by atoms with Crippen LogP contribution >= 0.6 is 0 Å². The number of hydrogen-bond donors (Lipinski definition) is 0. The molecule has 0 atom stereocenters. The maximum absolute atomic E-state index is 6.60. The lowest BCUT2D eigenvalue weighted by molar-refractivity contribution is 0.445. The maximum Gasteiger partial charge on any atom is 0.137 e. The molecule has 1 saturated carbocycles. The van der Waals surface area contributed by atoms with E-state index >= 15 is 0 Å². The number of furan rings is 1. The summed E-state index contributed by atoms with van der Waals surface area (Å²) in [4.78, 5) is 2.44. The monoisotopic (exact) mass is 773 g/mol. The van der Waals surface area contributed by atoms with Crippen LogP contribution in [0.4, 0.5) is 17.1 Å². The Balaban J connectivity index is 1.06. The van der Waals surface area contributed by atoms with E-state index in [1.165, 1.54) is 104 Å². The summed E-state index contributed by atoms with van der Waals surface area (Å²) in [6.07, 6.45) is 12.9. The Morgan fingerprint density at radius 3 is 1.97 bits per heavy atom. The summed E-state index contributed by atoms with van der Waals surface area (Å²) in [6, 6.07) is 67.1. The lowest BCUT2D eigenvalue weighted by Gasteiger charge is -2.29. The lowest BCUT2D eigenvalue weighted by Crippen LogP contribution is -2.11. The van der Waals surface area contributed by atoms with Gasteiger partial charge in [-0.15, -0.1) is 0 Å². The summed E-state index contributed by atoms with van der Waals surface area (Å²) in [5.41, 5.74) is 16.7. The molecule has 0 spiro atoms. The van der Waals surface area contributed by atoms with E-state index in [1.807, 2.05) is 0 Å². The quantitative estimate of drug-likeness (QED) is 0.153. The van der Waals surface area contributed by atoms with Crippen molar-refractivity contribution in [2.75, 3.05) is 4.90 Å². The van der Waals surface area contributed by atoms with E-state index in [0.29, 0.717) is 5.92 Å². The van der Waals surface area contributed by atoms with E-state index in [4.69, 9.17) is 4.42 Å². The Morgan fingerprint density at radius 1 is 0.483 bits per heavy atom.